The normalized spacial score (nSPS) is 27.0. The minimum absolute atomic E-state index is 0.114. The zero-order chi connectivity index (χ0) is 39.1. The van der Waals surface area contributed by atoms with Gasteiger partial charge in [-0.3, -0.25) is 14.8 Å². The van der Waals surface area contributed by atoms with Crippen LogP contribution in [0, 0.1) is 23.2 Å². The Hall–Kier alpha value is -4.71. The number of nitrogens with zero attached hydrogens (tertiary/aromatic N) is 3. The number of imide groups is 1. The zero-order valence-electron chi connectivity index (χ0n) is 30.8. The summed E-state index contributed by atoms with van der Waals surface area (Å²) >= 11 is 6.39. The lowest BCUT2D eigenvalue weighted by molar-refractivity contribution is -0.788. The SMILES string of the molecule is C=C[C@@H]1C[C@]1(NC(=O)[N+]1(C(=O)[C@@H](Oc2cccc(C#N)c2)C2CCCCC2)C[C@H](Oc2ncc(OC)c3ccc(Cl)cc23)CC1C)C(=O)NS(=O)(=O)C1CC1. The van der Waals surface area contributed by atoms with Crippen molar-refractivity contribution in [2.24, 2.45) is 11.8 Å². The number of nitrogens with one attached hydrogen (secondary N) is 2. The van der Waals surface area contributed by atoms with Crippen LogP contribution in [0.15, 0.2) is 61.3 Å². The Balaban J connectivity index is 1.27. The molecule has 290 valence electrons. The number of halogens is 1. The van der Waals surface area contributed by atoms with E-state index in [-0.39, 0.29) is 31.2 Å². The molecule has 2 unspecified atom stereocenters. The number of likely N-dealkylation sites (tertiary alicyclic amines) is 1. The number of amides is 4. The van der Waals surface area contributed by atoms with Crippen molar-refractivity contribution < 1.29 is 41.5 Å². The van der Waals surface area contributed by atoms with Gasteiger partial charge in [-0.2, -0.15) is 9.74 Å². The van der Waals surface area contributed by atoms with Crippen molar-refractivity contribution in [1.29, 1.82) is 5.26 Å². The lowest BCUT2D eigenvalue weighted by Gasteiger charge is -2.38. The number of urea groups is 1. The summed E-state index contributed by atoms with van der Waals surface area (Å²) in [6.07, 6.45) is 6.64. The van der Waals surface area contributed by atoms with E-state index in [0.29, 0.717) is 58.5 Å². The van der Waals surface area contributed by atoms with Crippen LogP contribution in [0.2, 0.25) is 5.02 Å². The summed E-state index contributed by atoms with van der Waals surface area (Å²) in [5.74, 6) is -1.10. The van der Waals surface area contributed by atoms with Gasteiger partial charge in [0, 0.05) is 34.1 Å². The van der Waals surface area contributed by atoms with Crippen molar-refractivity contribution in [3.8, 4) is 23.4 Å². The predicted molar refractivity (Wildman–Crippen MR) is 204 cm³/mol. The van der Waals surface area contributed by atoms with Crippen molar-refractivity contribution >= 4 is 50.2 Å². The lowest BCUT2D eigenvalue weighted by Crippen LogP contribution is -2.69. The third kappa shape index (κ3) is 7.37. The van der Waals surface area contributed by atoms with E-state index in [9.17, 15) is 18.5 Å². The molecule has 3 saturated carbocycles. The second-order valence-corrected chi connectivity index (χ2v) is 17.6. The maximum absolute atomic E-state index is 15.5. The number of hydrogen-bond acceptors (Lipinski definition) is 10. The molecular weight excluding hydrogens is 746 g/mol. The molecule has 0 radical (unpaired) electrons. The Kier molecular flexibility index (Phi) is 10.6. The van der Waals surface area contributed by atoms with E-state index in [1.807, 2.05) is 0 Å². The maximum atomic E-state index is 15.5. The van der Waals surface area contributed by atoms with Crippen molar-refractivity contribution in [3.05, 3.63) is 71.9 Å². The number of pyridine rings is 1. The molecule has 6 atom stereocenters. The molecule has 2 heterocycles. The standard InChI is InChI=1S/C40H44ClN5O8S/c1-4-27-20-40(27,38(48)45-55(50,51)31-14-15-31)44-39(49)46(37(47)35(26-10-6-5-7-11-26)53-29-12-8-9-25(18-29)21-42)23-30(17-24(46)2)54-36-33-19-28(41)13-16-32(33)34(52-3)22-43-36/h4,8-9,12-13,16,18-19,22,24,26-27,30-31,35H,1,5-7,10-11,14-15,17,20,23H2,2-3H3,(H-,44,45,48,49)/p+1/t24?,27-,30-,35+,40-,46?/m1/s1. The molecule has 4 aliphatic rings. The molecule has 1 aromatic heterocycles. The number of ether oxygens (including phenoxy) is 3. The van der Waals surface area contributed by atoms with Gasteiger partial charge < -0.3 is 14.2 Å². The smallest absolute Gasteiger partial charge is 0.425 e. The second-order valence-electron chi connectivity index (χ2n) is 15.2. The molecular formula is C40H45ClN5O8S+. The Morgan fingerprint density at radius 3 is 2.55 bits per heavy atom. The van der Waals surface area contributed by atoms with E-state index < -0.39 is 67.3 Å². The van der Waals surface area contributed by atoms with Gasteiger partial charge in [0.25, 0.3) is 5.91 Å². The van der Waals surface area contributed by atoms with Gasteiger partial charge in [-0.1, -0.05) is 43.0 Å². The number of carbonyl (C=O) groups excluding carboxylic acids is 3. The third-order valence-corrected chi connectivity index (χ3v) is 13.7. The van der Waals surface area contributed by atoms with E-state index in [1.165, 1.54) is 19.4 Å². The molecule has 15 heteroatoms. The fourth-order valence-electron chi connectivity index (χ4n) is 8.30. The molecule has 1 saturated heterocycles. The number of carbonyl (C=O) groups is 3. The summed E-state index contributed by atoms with van der Waals surface area (Å²) in [5, 5.41) is 13.6. The summed E-state index contributed by atoms with van der Waals surface area (Å²) < 4.78 is 45.8. The molecule has 55 heavy (non-hydrogen) atoms. The first-order valence-corrected chi connectivity index (χ1v) is 20.7. The third-order valence-electron chi connectivity index (χ3n) is 11.7. The molecule has 1 aliphatic heterocycles. The first-order chi connectivity index (χ1) is 26.3. The first kappa shape index (κ1) is 38.6. The largest absolute Gasteiger partial charge is 0.494 e. The van der Waals surface area contributed by atoms with Crippen LogP contribution in [-0.4, -0.2) is 78.4 Å². The monoisotopic (exact) mass is 790 g/mol. The molecule has 2 aromatic carbocycles. The van der Waals surface area contributed by atoms with Gasteiger partial charge in [0.1, 0.15) is 29.6 Å². The van der Waals surface area contributed by atoms with Crippen molar-refractivity contribution in [3.63, 3.8) is 0 Å². The number of quaternary nitrogens is 1. The highest BCUT2D eigenvalue weighted by Gasteiger charge is 2.67. The number of benzene rings is 2. The Morgan fingerprint density at radius 2 is 1.87 bits per heavy atom. The minimum atomic E-state index is -3.94. The van der Waals surface area contributed by atoms with Gasteiger partial charge in [-0.15, -0.1) is 6.58 Å². The maximum Gasteiger partial charge on any atom is 0.425 e. The number of methoxy groups -OCH3 is 1. The van der Waals surface area contributed by atoms with Crippen LogP contribution in [0.25, 0.3) is 10.8 Å². The van der Waals surface area contributed by atoms with E-state index in [1.54, 1.807) is 49.4 Å². The highest BCUT2D eigenvalue weighted by atomic mass is 35.5. The van der Waals surface area contributed by atoms with Gasteiger partial charge in [0.15, 0.2) is 6.10 Å². The fourth-order valence-corrected chi connectivity index (χ4v) is 9.83. The Bertz CT molecular complexity index is 2180. The Labute approximate surface area is 325 Å². The van der Waals surface area contributed by atoms with Crippen LogP contribution >= 0.6 is 11.6 Å². The lowest BCUT2D eigenvalue weighted by atomic mass is 9.84. The predicted octanol–water partition coefficient (Wildman–Crippen LogP) is 5.94. The summed E-state index contributed by atoms with van der Waals surface area (Å²) in [6, 6.07) is 12.5. The summed E-state index contributed by atoms with van der Waals surface area (Å²) in [4.78, 5) is 48.9. The number of fused-ring (bicyclic) bond motifs is 1. The van der Waals surface area contributed by atoms with E-state index in [2.05, 4.69) is 27.7 Å². The Morgan fingerprint density at radius 1 is 1.11 bits per heavy atom. The average molecular weight is 791 g/mol. The van der Waals surface area contributed by atoms with Gasteiger partial charge in [-0.25, -0.2) is 23.0 Å². The molecule has 4 fully saturated rings. The van der Waals surface area contributed by atoms with Crippen molar-refractivity contribution in [2.75, 3.05) is 13.7 Å². The van der Waals surface area contributed by atoms with Crippen LogP contribution in [0.4, 0.5) is 4.79 Å². The van der Waals surface area contributed by atoms with E-state index in [0.717, 1.165) is 19.3 Å². The van der Waals surface area contributed by atoms with E-state index in [4.69, 9.17) is 25.8 Å². The minimum Gasteiger partial charge on any atom is -0.494 e. The summed E-state index contributed by atoms with van der Waals surface area (Å²) in [6.45, 7) is 5.48. The fraction of sp³-hybridized carbons (Fsp3) is 0.475. The number of aromatic nitrogens is 1. The van der Waals surface area contributed by atoms with Gasteiger partial charge in [0.05, 0.1) is 30.2 Å². The van der Waals surface area contributed by atoms with Gasteiger partial charge in [-0.05, 0) is 75.4 Å². The van der Waals surface area contributed by atoms with Crippen molar-refractivity contribution in [1.82, 2.24) is 15.0 Å². The summed E-state index contributed by atoms with van der Waals surface area (Å²) in [5.41, 5.74) is -1.27. The summed E-state index contributed by atoms with van der Waals surface area (Å²) in [7, 11) is -2.41. The molecule has 0 spiro atoms. The molecule has 3 aliphatic carbocycles. The number of hydrogen-bond donors (Lipinski definition) is 2. The van der Waals surface area contributed by atoms with Crippen molar-refractivity contribution in [2.45, 2.75) is 93.7 Å². The number of rotatable bonds is 12. The molecule has 7 rings (SSSR count). The average Bonchev–Trinajstić information content (AvgIpc) is 4.12. The number of sulfonamides is 1. The van der Waals surface area contributed by atoms with Crippen LogP contribution < -0.4 is 24.2 Å². The topological polar surface area (TPSA) is 174 Å². The first-order valence-electron chi connectivity index (χ1n) is 18.7. The number of nitriles is 1. The van der Waals surface area contributed by atoms with E-state index >= 15 is 9.59 Å². The highest BCUT2D eigenvalue weighted by molar-refractivity contribution is 7.91. The van der Waals surface area contributed by atoms with Gasteiger partial charge in [0.2, 0.25) is 22.0 Å². The molecule has 0 bridgehead atoms. The molecule has 2 N–H and O–H groups in total. The quantitative estimate of drug-likeness (QED) is 0.165. The molecule has 3 aromatic rings. The molecule has 4 amide bonds. The highest BCUT2D eigenvalue weighted by Crippen LogP contribution is 2.47. The van der Waals surface area contributed by atoms with Crippen LogP contribution in [0.3, 0.4) is 0 Å². The van der Waals surface area contributed by atoms with Crippen LogP contribution in [-0.2, 0) is 19.6 Å². The zero-order valence-corrected chi connectivity index (χ0v) is 32.4. The van der Waals surface area contributed by atoms with Crippen LogP contribution in [0.1, 0.15) is 70.3 Å². The van der Waals surface area contributed by atoms with Crippen LogP contribution in [0.5, 0.6) is 17.4 Å². The molecule has 13 nitrogen and oxygen atoms in total. The van der Waals surface area contributed by atoms with Gasteiger partial charge >= 0.3 is 11.9 Å². The second kappa shape index (κ2) is 15.1.